The summed E-state index contributed by atoms with van der Waals surface area (Å²) < 4.78 is 10.9. The third kappa shape index (κ3) is 4.46. The molecule has 0 radical (unpaired) electrons. The summed E-state index contributed by atoms with van der Waals surface area (Å²) in [6.07, 6.45) is 1.99. The Bertz CT molecular complexity index is 568. The third-order valence-electron chi connectivity index (χ3n) is 3.20. The number of pyridine rings is 1. The van der Waals surface area contributed by atoms with Crippen LogP contribution in [0.1, 0.15) is 30.2 Å². The Balaban J connectivity index is 2.05. The number of rotatable bonds is 7. The van der Waals surface area contributed by atoms with Crippen LogP contribution in [0.5, 0.6) is 11.6 Å². The molecule has 0 unspecified atom stereocenters. The predicted octanol–water partition coefficient (Wildman–Crippen LogP) is 3.08. The quantitative estimate of drug-likeness (QED) is 0.849. The number of methoxy groups -OCH3 is 1. The number of hydrogen-bond acceptors (Lipinski definition) is 4. The van der Waals surface area contributed by atoms with Gasteiger partial charge in [0.1, 0.15) is 12.4 Å². The molecule has 1 aromatic heterocycles. The molecular weight excluding hydrogens is 264 g/mol. The van der Waals surface area contributed by atoms with Crippen molar-refractivity contribution in [2.75, 3.05) is 7.11 Å². The smallest absolute Gasteiger partial charge is 0.214 e. The minimum absolute atomic E-state index is 0.483. The van der Waals surface area contributed by atoms with Gasteiger partial charge in [0.25, 0.3) is 0 Å². The predicted molar refractivity (Wildman–Crippen MR) is 83.4 cm³/mol. The maximum Gasteiger partial charge on any atom is 0.214 e. The van der Waals surface area contributed by atoms with Crippen LogP contribution in [0.25, 0.3) is 0 Å². The molecule has 0 bridgehead atoms. The molecular formula is C17H22N2O2. The molecule has 21 heavy (non-hydrogen) atoms. The summed E-state index contributed by atoms with van der Waals surface area (Å²) in [6, 6.07) is 11.8. The summed E-state index contributed by atoms with van der Waals surface area (Å²) in [5, 5.41) is 0. The second-order valence-corrected chi connectivity index (χ2v) is 4.90. The van der Waals surface area contributed by atoms with Crippen molar-refractivity contribution < 1.29 is 9.47 Å². The normalized spacial score (nSPS) is 10.4. The van der Waals surface area contributed by atoms with Crippen molar-refractivity contribution in [2.24, 2.45) is 5.73 Å². The lowest BCUT2D eigenvalue weighted by Crippen LogP contribution is -2.03. The fourth-order valence-corrected chi connectivity index (χ4v) is 2.08. The highest BCUT2D eigenvalue weighted by atomic mass is 16.5. The number of ether oxygens (including phenoxy) is 2. The highest BCUT2D eigenvalue weighted by Gasteiger charge is 2.04. The first-order valence-corrected chi connectivity index (χ1v) is 7.20. The molecule has 4 heteroatoms. The van der Waals surface area contributed by atoms with E-state index in [1.807, 2.05) is 36.4 Å². The first-order valence-electron chi connectivity index (χ1n) is 7.20. The molecule has 0 atom stereocenters. The van der Waals surface area contributed by atoms with Gasteiger partial charge in [-0.05, 0) is 35.7 Å². The van der Waals surface area contributed by atoms with E-state index in [1.54, 1.807) is 7.11 Å². The zero-order valence-electron chi connectivity index (χ0n) is 12.6. The Morgan fingerprint density at radius 3 is 2.48 bits per heavy atom. The van der Waals surface area contributed by atoms with E-state index in [1.165, 1.54) is 0 Å². The highest BCUT2D eigenvalue weighted by Crippen LogP contribution is 2.17. The molecule has 112 valence electrons. The summed E-state index contributed by atoms with van der Waals surface area (Å²) in [4.78, 5) is 4.52. The Morgan fingerprint density at radius 1 is 1.10 bits per heavy atom. The topological polar surface area (TPSA) is 57.4 Å². The minimum atomic E-state index is 0.483. The molecule has 0 aliphatic rings. The van der Waals surface area contributed by atoms with Crippen LogP contribution in [-0.2, 0) is 19.6 Å². The lowest BCUT2D eigenvalue weighted by molar-refractivity contribution is 0.292. The molecule has 2 N–H and O–H groups in total. The van der Waals surface area contributed by atoms with Gasteiger partial charge in [0.15, 0.2) is 0 Å². The zero-order valence-corrected chi connectivity index (χ0v) is 12.6. The van der Waals surface area contributed by atoms with E-state index in [0.717, 1.165) is 35.4 Å². The second kappa shape index (κ2) is 7.64. The summed E-state index contributed by atoms with van der Waals surface area (Å²) in [7, 11) is 1.66. The van der Waals surface area contributed by atoms with Crippen LogP contribution >= 0.6 is 0 Å². The molecule has 0 aliphatic heterocycles. The van der Waals surface area contributed by atoms with E-state index >= 15 is 0 Å². The molecule has 1 aromatic carbocycles. The monoisotopic (exact) mass is 286 g/mol. The van der Waals surface area contributed by atoms with E-state index in [2.05, 4.69) is 11.9 Å². The molecule has 0 saturated carbocycles. The van der Waals surface area contributed by atoms with E-state index in [-0.39, 0.29) is 0 Å². The zero-order chi connectivity index (χ0) is 15.1. The fraction of sp³-hybridized carbons (Fsp3) is 0.353. The standard InChI is InChI=1S/C17H22N2O2/c1-3-4-15-9-14(11-18)10-17(19-15)21-12-13-5-7-16(20-2)8-6-13/h5-10H,3-4,11-12,18H2,1-2H3. The second-order valence-electron chi connectivity index (χ2n) is 4.90. The van der Waals surface area contributed by atoms with Crippen molar-refractivity contribution in [3.05, 3.63) is 53.2 Å². The van der Waals surface area contributed by atoms with E-state index in [4.69, 9.17) is 15.2 Å². The van der Waals surface area contributed by atoms with Crippen molar-refractivity contribution in [2.45, 2.75) is 32.9 Å². The van der Waals surface area contributed by atoms with Gasteiger partial charge < -0.3 is 15.2 Å². The van der Waals surface area contributed by atoms with Crippen molar-refractivity contribution in [1.82, 2.24) is 4.98 Å². The van der Waals surface area contributed by atoms with Crippen LogP contribution in [0.4, 0.5) is 0 Å². The van der Waals surface area contributed by atoms with Gasteiger partial charge in [-0.1, -0.05) is 25.5 Å². The lowest BCUT2D eigenvalue weighted by atomic mass is 10.1. The Labute approximate surface area is 125 Å². The van der Waals surface area contributed by atoms with Crippen LogP contribution in [-0.4, -0.2) is 12.1 Å². The molecule has 0 fully saturated rings. The molecule has 2 rings (SSSR count). The average molecular weight is 286 g/mol. The molecule has 0 amide bonds. The van der Waals surface area contributed by atoms with E-state index in [0.29, 0.717) is 19.0 Å². The first kappa shape index (κ1) is 15.3. The SMILES string of the molecule is CCCc1cc(CN)cc(OCc2ccc(OC)cc2)n1. The van der Waals surface area contributed by atoms with Crippen LogP contribution in [0.15, 0.2) is 36.4 Å². The van der Waals surface area contributed by atoms with Gasteiger partial charge in [0, 0.05) is 18.3 Å². The van der Waals surface area contributed by atoms with Crippen LogP contribution in [0.2, 0.25) is 0 Å². The van der Waals surface area contributed by atoms with Crippen molar-refractivity contribution in [3.8, 4) is 11.6 Å². The van der Waals surface area contributed by atoms with Crippen molar-refractivity contribution >= 4 is 0 Å². The molecule has 0 saturated heterocycles. The number of aryl methyl sites for hydroxylation is 1. The molecule has 0 spiro atoms. The lowest BCUT2D eigenvalue weighted by Gasteiger charge is -2.10. The molecule has 1 heterocycles. The number of hydrogen-bond donors (Lipinski definition) is 1. The van der Waals surface area contributed by atoms with E-state index in [9.17, 15) is 0 Å². The largest absolute Gasteiger partial charge is 0.497 e. The van der Waals surface area contributed by atoms with Crippen LogP contribution < -0.4 is 15.2 Å². The molecule has 2 aromatic rings. The highest BCUT2D eigenvalue weighted by molar-refractivity contribution is 5.28. The minimum Gasteiger partial charge on any atom is -0.497 e. The summed E-state index contributed by atoms with van der Waals surface area (Å²) in [6.45, 7) is 3.11. The number of nitrogens with two attached hydrogens (primary N) is 1. The Hall–Kier alpha value is -2.07. The van der Waals surface area contributed by atoms with Crippen molar-refractivity contribution in [1.29, 1.82) is 0 Å². The van der Waals surface area contributed by atoms with Crippen LogP contribution in [0.3, 0.4) is 0 Å². The number of benzene rings is 1. The summed E-state index contributed by atoms with van der Waals surface area (Å²) in [5.74, 6) is 1.48. The number of aromatic nitrogens is 1. The van der Waals surface area contributed by atoms with Crippen LogP contribution in [0, 0.1) is 0 Å². The van der Waals surface area contributed by atoms with Gasteiger partial charge >= 0.3 is 0 Å². The Morgan fingerprint density at radius 2 is 1.86 bits per heavy atom. The summed E-state index contributed by atoms with van der Waals surface area (Å²) in [5.41, 5.74) is 8.89. The van der Waals surface area contributed by atoms with Gasteiger partial charge in [-0.3, -0.25) is 0 Å². The fourth-order valence-electron chi connectivity index (χ4n) is 2.08. The van der Waals surface area contributed by atoms with E-state index < -0.39 is 0 Å². The van der Waals surface area contributed by atoms with Gasteiger partial charge in [-0.15, -0.1) is 0 Å². The van der Waals surface area contributed by atoms with Gasteiger partial charge in [-0.25, -0.2) is 4.98 Å². The summed E-state index contributed by atoms with van der Waals surface area (Å²) >= 11 is 0. The molecule has 4 nitrogen and oxygen atoms in total. The maximum atomic E-state index is 5.79. The molecule has 0 aliphatic carbocycles. The average Bonchev–Trinajstić information content (AvgIpc) is 2.53. The third-order valence-corrected chi connectivity index (χ3v) is 3.20. The van der Waals surface area contributed by atoms with Gasteiger partial charge in [-0.2, -0.15) is 0 Å². The first-order chi connectivity index (χ1) is 10.2. The number of nitrogens with zero attached hydrogens (tertiary/aromatic N) is 1. The Kier molecular flexibility index (Phi) is 5.58. The van der Waals surface area contributed by atoms with Gasteiger partial charge in [0.05, 0.1) is 7.11 Å². The van der Waals surface area contributed by atoms with Gasteiger partial charge in [0.2, 0.25) is 5.88 Å². The van der Waals surface area contributed by atoms with Crippen molar-refractivity contribution in [3.63, 3.8) is 0 Å². The maximum absolute atomic E-state index is 5.79.